The zero-order valence-corrected chi connectivity index (χ0v) is 17.0. The fraction of sp³-hybridized carbons (Fsp3) is 0.167. The molecule has 11 heteroatoms. The Morgan fingerprint density at radius 3 is 2.59 bits per heavy atom. The minimum atomic E-state index is -1.11. The van der Waals surface area contributed by atoms with Crippen molar-refractivity contribution in [2.45, 2.75) is 18.2 Å². The van der Waals surface area contributed by atoms with Gasteiger partial charge in [-0.05, 0) is 36.2 Å². The molecule has 0 aliphatic rings. The number of hydrogen-bond donors (Lipinski definition) is 1. The van der Waals surface area contributed by atoms with E-state index in [0.717, 1.165) is 12.0 Å². The van der Waals surface area contributed by atoms with Gasteiger partial charge in [-0.2, -0.15) is 8.42 Å². The minimum Gasteiger partial charge on any atom is -0.476 e. The highest BCUT2D eigenvalue weighted by Gasteiger charge is 2.19. The van der Waals surface area contributed by atoms with E-state index in [4.69, 9.17) is 12.8 Å². The largest absolute Gasteiger partial charge is 0.476 e. The van der Waals surface area contributed by atoms with E-state index < -0.39 is 28.3 Å². The van der Waals surface area contributed by atoms with E-state index in [1.54, 1.807) is 34.9 Å². The molecule has 0 saturated carbocycles. The van der Waals surface area contributed by atoms with Gasteiger partial charge in [0.15, 0.2) is 11.3 Å². The van der Waals surface area contributed by atoms with E-state index in [9.17, 15) is 14.1 Å². The molecule has 1 atom stereocenters. The van der Waals surface area contributed by atoms with Gasteiger partial charge in [-0.1, -0.05) is 13.0 Å². The lowest BCUT2D eigenvalue weighted by atomic mass is 10.1. The molecule has 4 aromatic rings. The van der Waals surface area contributed by atoms with Crippen molar-refractivity contribution in [1.82, 2.24) is 14.4 Å². The van der Waals surface area contributed by atoms with E-state index in [-0.39, 0.29) is 5.69 Å². The van der Waals surface area contributed by atoms with Gasteiger partial charge in [-0.15, -0.1) is 0 Å². The molecule has 9 nitrogen and oxygen atoms in total. The van der Waals surface area contributed by atoms with E-state index in [1.165, 1.54) is 6.20 Å². The second-order valence-electron chi connectivity index (χ2n) is 5.89. The highest BCUT2D eigenvalue weighted by Crippen LogP contribution is 2.29. The number of benzene rings is 1. The van der Waals surface area contributed by atoms with Gasteiger partial charge in [0.05, 0.1) is 0 Å². The molecule has 150 valence electrons. The van der Waals surface area contributed by atoms with Crippen molar-refractivity contribution < 1.29 is 26.9 Å². The van der Waals surface area contributed by atoms with Crippen molar-refractivity contribution in [3.63, 3.8) is 0 Å². The van der Waals surface area contributed by atoms with Gasteiger partial charge in [0.25, 0.3) is 0 Å². The first-order valence-corrected chi connectivity index (χ1v) is 10.5. The standard InChI is InChI=1S/C18H15N3O4S.O2S/c1-3-10-4-7-15-19-13(18(22)23)9-21(15)16(10)17-20-12-8-11(26(2)24)5-6-14(12)25-17;1-3-2/h4-9H,3H2,1-2H3,(H,22,23);. The highest BCUT2D eigenvalue weighted by molar-refractivity contribution is 7.84. The summed E-state index contributed by atoms with van der Waals surface area (Å²) in [6.07, 6.45) is 3.79. The Labute approximate surface area is 170 Å². The van der Waals surface area contributed by atoms with E-state index >= 15 is 0 Å². The van der Waals surface area contributed by atoms with E-state index in [1.807, 2.05) is 13.0 Å². The predicted octanol–water partition coefficient (Wildman–Crippen LogP) is 2.47. The van der Waals surface area contributed by atoms with Crippen molar-refractivity contribution in [2.75, 3.05) is 6.26 Å². The molecule has 0 aliphatic heterocycles. The quantitative estimate of drug-likeness (QED) is 0.519. The van der Waals surface area contributed by atoms with Crippen LogP contribution in [0, 0.1) is 0 Å². The Morgan fingerprint density at radius 2 is 1.97 bits per heavy atom. The average molecular weight is 433 g/mol. The zero-order chi connectivity index (χ0) is 21.1. The molecule has 0 aliphatic carbocycles. The molecule has 1 N–H and O–H groups in total. The molecule has 0 spiro atoms. The summed E-state index contributed by atoms with van der Waals surface area (Å²) in [6, 6.07) is 8.89. The van der Waals surface area contributed by atoms with Crippen molar-refractivity contribution in [3.8, 4) is 11.6 Å². The Hall–Kier alpha value is -3.18. The molecule has 1 aromatic carbocycles. The van der Waals surface area contributed by atoms with Gasteiger partial charge in [0, 0.05) is 28.1 Å². The number of aromatic carboxylic acids is 1. The molecule has 0 amide bonds. The van der Waals surface area contributed by atoms with Crippen LogP contribution in [-0.4, -0.2) is 44.3 Å². The van der Waals surface area contributed by atoms with Crippen molar-refractivity contribution in [1.29, 1.82) is 0 Å². The smallest absolute Gasteiger partial charge is 0.356 e. The van der Waals surface area contributed by atoms with Gasteiger partial charge in [-0.3, -0.25) is 8.61 Å². The third-order valence-electron chi connectivity index (χ3n) is 4.21. The molecular weight excluding hydrogens is 418 g/mol. The molecule has 0 saturated heterocycles. The number of fused-ring (bicyclic) bond motifs is 2. The molecule has 1 unspecified atom stereocenters. The summed E-state index contributed by atoms with van der Waals surface area (Å²) in [5.41, 5.74) is 3.27. The fourth-order valence-corrected chi connectivity index (χ4v) is 3.45. The monoisotopic (exact) mass is 433 g/mol. The Bertz CT molecular complexity index is 1290. The molecule has 0 fully saturated rings. The highest BCUT2D eigenvalue weighted by atomic mass is 32.2. The van der Waals surface area contributed by atoms with Crippen LogP contribution >= 0.6 is 0 Å². The minimum absolute atomic E-state index is 0.0423. The molecule has 3 aromatic heterocycles. The molecular formula is C18H15N3O6S2. The van der Waals surface area contributed by atoms with Crippen LogP contribution in [0.25, 0.3) is 28.3 Å². The van der Waals surface area contributed by atoms with Gasteiger partial charge in [0.1, 0.15) is 16.9 Å². The summed E-state index contributed by atoms with van der Waals surface area (Å²) in [6.45, 7) is 2.00. The van der Waals surface area contributed by atoms with Crippen LogP contribution in [0.2, 0.25) is 0 Å². The second-order valence-corrected chi connectivity index (χ2v) is 7.41. The third kappa shape index (κ3) is 4.00. The van der Waals surface area contributed by atoms with E-state index in [2.05, 4.69) is 9.97 Å². The van der Waals surface area contributed by atoms with Crippen LogP contribution in [0.4, 0.5) is 0 Å². The summed E-state index contributed by atoms with van der Waals surface area (Å²) < 4.78 is 35.9. The lowest BCUT2D eigenvalue weighted by Gasteiger charge is -2.07. The fourth-order valence-electron chi connectivity index (χ4n) is 2.92. The Balaban J connectivity index is 0.000000755. The SMILES string of the molecule is CCc1ccc2nc(C(=O)O)cn2c1-c1nc2cc(S(C)=O)ccc2o1.O=S=O. The number of rotatable bonds is 4. The number of imidazole rings is 1. The normalized spacial score (nSPS) is 11.8. The lowest BCUT2D eigenvalue weighted by molar-refractivity contribution is 0.0691. The predicted molar refractivity (Wildman–Crippen MR) is 106 cm³/mol. The van der Waals surface area contributed by atoms with Crippen LogP contribution in [0.5, 0.6) is 0 Å². The topological polar surface area (TPSA) is 132 Å². The summed E-state index contributed by atoms with van der Waals surface area (Å²) in [5, 5.41) is 9.23. The number of aromatic nitrogens is 3. The first-order valence-electron chi connectivity index (χ1n) is 8.30. The van der Waals surface area contributed by atoms with Gasteiger partial charge in [0.2, 0.25) is 5.89 Å². The molecule has 4 rings (SSSR count). The number of oxazole rings is 1. The van der Waals surface area contributed by atoms with E-state index in [0.29, 0.717) is 33.2 Å². The number of carbonyl (C=O) groups is 1. The first-order chi connectivity index (χ1) is 13.9. The summed E-state index contributed by atoms with van der Waals surface area (Å²) >= 11 is -0.750. The summed E-state index contributed by atoms with van der Waals surface area (Å²) in [5.74, 6) is -0.721. The molecule has 3 heterocycles. The maximum atomic E-state index is 11.7. The molecule has 0 bridgehead atoms. The van der Waals surface area contributed by atoms with Crippen molar-refractivity contribution in [2.24, 2.45) is 0 Å². The maximum Gasteiger partial charge on any atom is 0.356 e. The van der Waals surface area contributed by atoms with Crippen molar-refractivity contribution >= 4 is 45.1 Å². The third-order valence-corrected chi connectivity index (χ3v) is 5.12. The zero-order valence-electron chi connectivity index (χ0n) is 15.3. The number of carboxylic acid groups (broad SMARTS) is 1. The van der Waals surface area contributed by atoms with Crippen molar-refractivity contribution in [3.05, 3.63) is 47.8 Å². The molecule has 0 radical (unpaired) electrons. The van der Waals surface area contributed by atoms with Gasteiger partial charge >= 0.3 is 17.5 Å². The summed E-state index contributed by atoms with van der Waals surface area (Å²) in [4.78, 5) is 20.6. The first kappa shape index (κ1) is 20.6. The second kappa shape index (κ2) is 8.45. The van der Waals surface area contributed by atoms with Crippen LogP contribution in [0.1, 0.15) is 23.0 Å². The van der Waals surface area contributed by atoms with Crippen LogP contribution in [-0.2, 0) is 28.8 Å². The van der Waals surface area contributed by atoms with Crippen LogP contribution < -0.4 is 0 Å². The molecule has 29 heavy (non-hydrogen) atoms. The van der Waals surface area contributed by atoms with Gasteiger partial charge in [-0.25, -0.2) is 14.8 Å². The average Bonchev–Trinajstić information content (AvgIpc) is 3.30. The number of carboxylic acids is 1. The lowest BCUT2D eigenvalue weighted by Crippen LogP contribution is -1.97. The number of nitrogens with zero attached hydrogens (tertiary/aromatic N) is 3. The summed E-state index contributed by atoms with van der Waals surface area (Å²) in [7, 11) is -1.11. The maximum absolute atomic E-state index is 11.7. The number of hydrogen-bond acceptors (Lipinski definition) is 7. The number of aryl methyl sites for hydroxylation is 1. The van der Waals surface area contributed by atoms with Crippen LogP contribution in [0.15, 0.2) is 45.8 Å². The Morgan fingerprint density at radius 1 is 1.24 bits per heavy atom. The van der Waals surface area contributed by atoms with Gasteiger partial charge < -0.3 is 9.52 Å². The Kier molecular flexibility index (Phi) is 5.99. The number of pyridine rings is 1. The van der Waals surface area contributed by atoms with Crippen LogP contribution in [0.3, 0.4) is 0 Å².